The van der Waals surface area contributed by atoms with E-state index < -0.39 is 0 Å². The fraction of sp³-hybridized carbons (Fsp3) is 0.538. The number of hydrogen-bond donors (Lipinski definition) is 1. The first kappa shape index (κ1) is 12.8. The Balaban J connectivity index is 1.71. The maximum atomic E-state index is 12.0. The summed E-state index contributed by atoms with van der Waals surface area (Å²) < 4.78 is 1.82. The molecule has 3 rings (SSSR count). The molecule has 2 aromatic heterocycles. The molecule has 0 aromatic carbocycles. The normalized spacial score (nSPS) is 18.9. The molecule has 0 spiro atoms. The van der Waals surface area contributed by atoms with Crippen molar-refractivity contribution in [3.8, 4) is 0 Å². The van der Waals surface area contributed by atoms with E-state index in [1.807, 2.05) is 29.3 Å². The highest BCUT2D eigenvalue weighted by atomic mass is 16.2. The molecule has 7 heteroatoms. The maximum Gasteiger partial charge on any atom is 0.225 e. The van der Waals surface area contributed by atoms with Crippen molar-refractivity contribution in [2.45, 2.75) is 26.3 Å². The van der Waals surface area contributed by atoms with Crippen molar-refractivity contribution in [2.75, 3.05) is 18.4 Å². The first-order valence-electron chi connectivity index (χ1n) is 6.85. The van der Waals surface area contributed by atoms with Gasteiger partial charge in [0.1, 0.15) is 6.33 Å². The summed E-state index contributed by atoms with van der Waals surface area (Å²) >= 11 is 0. The molecule has 3 heterocycles. The number of nitrogens with one attached hydrogen (secondary N) is 1. The minimum absolute atomic E-state index is 0.0480. The Morgan fingerprint density at radius 1 is 1.50 bits per heavy atom. The molecule has 0 aliphatic carbocycles. The van der Waals surface area contributed by atoms with Crippen molar-refractivity contribution < 1.29 is 4.79 Å². The molecular formula is C13H18N6O. The van der Waals surface area contributed by atoms with Crippen molar-refractivity contribution >= 4 is 17.4 Å². The van der Waals surface area contributed by atoms with E-state index >= 15 is 0 Å². The zero-order valence-corrected chi connectivity index (χ0v) is 11.7. The van der Waals surface area contributed by atoms with Crippen molar-refractivity contribution in [3.05, 3.63) is 18.7 Å². The van der Waals surface area contributed by atoms with Gasteiger partial charge in [0.25, 0.3) is 0 Å². The van der Waals surface area contributed by atoms with Gasteiger partial charge in [0.2, 0.25) is 11.6 Å². The molecule has 1 amide bonds. The third-order valence-electron chi connectivity index (χ3n) is 3.55. The topological polar surface area (TPSA) is 75.4 Å². The molecule has 1 N–H and O–H groups in total. The van der Waals surface area contributed by atoms with Crippen molar-refractivity contribution in [1.29, 1.82) is 0 Å². The monoisotopic (exact) mass is 274 g/mol. The summed E-state index contributed by atoms with van der Waals surface area (Å²) in [4.78, 5) is 18.2. The number of aromatic nitrogens is 4. The van der Waals surface area contributed by atoms with Crippen molar-refractivity contribution in [3.63, 3.8) is 0 Å². The van der Waals surface area contributed by atoms with Crippen molar-refractivity contribution in [2.24, 2.45) is 5.92 Å². The number of rotatable bonds is 3. The van der Waals surface area contributed by atoms with E-state index in [0.717, 1.165) is 13.0 Å². The molecule has 0 bridgehead atoms. The molecule has 0 unspecified atom stereocenters. The highest BCUT2D eigenvalue weighted by Gasteiger charge is 2.28. The van der Waals surface area contributed by atoms with Crippen LogP contribution in [0.2, 0.25) is 0 Å². The molecule has 7 nitrogen and oxygen atoms in total. The highest BCUT2D eigenvalue weighted by molar-refractivity contribution is 5.78. The second-order valence-electron chi connectivity index (χ2n) is 5.41. The van der Waals surface area contributed by atoms with Gasteiger partial charge in [-0.05, 0) is 6.42 Å². The van der Waals surface area contributed by atoms with Gasteiger partial charge in [0.15, 0.2) is 5.82 Å². The third kappa shape index (κ3) is 2.31. The standard InChI is InChI=1S/C13H18N6O/c1-9(2)13(20)18-5-3-10(7-18)16-11-12-17-15-8-19(12)6-4-14-11/h4,6,8-10H,3,5,7H2,1-2H3,(H,14,16)/t10-/m1/s1. The van der Waals surface area contributed by atoms with Crippen LogP contribution < -0.4 is 5.32 Å². The van der Waals surface area contributed by atoms with E-state index in [1.165, 1.54) is 0 Å². The molecule has 1 fully saturated rings. The van der Waals surface area contributed by atoms with Crippen LogP contribution in [0.1, 0.15) is 20.3 Å². The minimum atomic E-state index is 0.0480. The van der Waals surface area contributed by atoms with E-state index in [2.05, 4.69) is 20.5 Å². The molecule has 20 heavy (non-hydrogen) atoms. The third-order valence-corrected chi connectivity index (χ3v) is 3.55. The first-order chi connectivity index (χ1) is 9.65. The fourth-order valence-corrected chi connectivity index (χ4v) is 2.50. The molecule has 2 aromatic rings. The predicted octanol–water partition coefficient (Wildman–Crippen LogP) is 0.793. The van der Waals surface area contributed by atoms with E-state index in [0.29, 0.717) is 18.0 Å². The summed E-state index contributed by atoms with van der Waals surface area (Å²) in [5.74, 6) is 0.976. The zero-order valence-electron chi connectivity index (χ0n) is 11.7. The van der Waals surface area contributed by atoms with Gasteiger partial charge >= 0.3 is 0 Å². The smallest absolute Gasteiger partial charge is 0.225 e. The second kappa shape index (κ2) is 5.07. The van der Waals surface area contributed by atoms with Gasteiger partial charge in [-0.3, -0.25) is 9.20 Å². The molecular weight excluding hydrogens is 256 g/mol. The number of carbonyl (C=O) groups is 1. The molecule has 1 aliphatic rings. The summed E-state index contributed by atoms with van der Waals surface area (Å²) in [5, 5.41) is 11.3. The van der Waals surface area contributed by atoms with E-state index in [-0.39, 0.29) is 17.9 Å². The number of hydrogen-bond acceptors (Lipinski definition) is 5. The van der Waals surface area contributed by atoms with Gasteiger partial charge in [0, 0.05) is 37.4 Å². The van der Waals surface area contributed by atoms with Gasteiger partial charge in [-0.15, -0.1) is 10.2 Å². The van der Waals surface area contributed by atoms with Crippen LogP contribution in [-0.2, 0) is 4.79 Å². The van der Waals surface area contributed by atoms with E-state index in [1.54, 1.807) is 12.5 Å². The summed E-state index contributed by atoms with van der Waals surface area (Å²) in [7, 11) is 0. The summed E-state index contributed by atoms with van der Waals surface area (Å²) in [6.45, 7) is 5.38. The van der Waals surface area contributed by atoms with Gasteiger partial charge in [-0.25, -0.2) is 4.98 Å². The quantitative estimate of drug-likeness (QED) is 0.895. The SMILES string of the molecule is CC(C)C(=O)N1CC[C@@H](Nc2nccn3cnnc23)C1. The average Bonchev–Trinajstić information content (AvgIpc) is 3.06. The predicted molar refractivity (Wildman–Crippen MR) is 74.2 cm³/mol. The Morgan fingerprint density at radius 3 is 3.15 bits per heavy atom. The lowest BCUT2D eigenvalue weighted by atomic mass is 10.2. The zero-order chi connectivity index (χ0) is 14.1. The number of anilines is 1. The van der Waals surface area contributed by atoms with Gasteiger partial charge in [-0.2, -0.15) is 0 Å². The maximum absolute atomic E-state index is 12.0. The lowest BCUT2D eigenvalue weighted by Gasteiger charge is -2.19. The number of fused-ring (bicyclic) bond motifs is 1. The van der Waals surface area contributed by atoms with Crippen LogP contribution in [0.5, 0.6) is 0 Å². The summed E-state index contributed by atoms with van der Waals surface area (Å²) in [6, 6.07) is 0.216. The second-order valence-corrected chi connectivity index (χ2v) is 5.41. The number of nitrogens with zero attached hydrogens (tertiary/aromatic N) is 5. The Hall–Kier alpha value is -2.18. The number of amides is 1. The Kier molecular flexibility index (Phi) is 3.25. The molecule has 1 saturated heterocycles. The largest absolute Gasteiger partial charge is 0.362 e. The summed E-state index contributed by atoms with van der Waals surface area (Å²) in [6.07, 6.45) is 6.09. The van der Waals surface area contributed by atoms with E-state index in [4.69, 9.17) is 0 Å². The lowest BCUT2D eigenvalue weighted by molar-refractivity contribution is -0.133. The molecule has 1 atom stereocenters. The Bertz CT molecular complexity index is 622. The summed E-state index contributed by atoms with van der Waals surface area (Å²) in [5.41, 5.74) is 0.709. The highest BCUT2D eigenvalue weighted by Crippen LogP contribution is 2.18. The van der Waals surface area contributed by atoms with Crippen LogP contribution in [0.4, 0.5) is 5.82 Å². The lowest BCUT2D eigenvalue weighted by Crippen LogP contribution is -2.34. The molecule has 106 valence electrons. The number of likely N-dealkylation sites (tertiary alicyclic amines) is 1. The Morgan fingerprint density at radius 2 is 2.35 bits per heavy atom. The molecule has 1 aliphatic heterocycles. The van der Waals surface area contributed by atoms with E-state index in [9.17, 15) is 4.79 Å². The van der Waals surface area contributed by atoms with Gasteiger partial charge in [-0.1, -0.05) is 13.8 Å². The van der Waals surface area contributed by atoms with Crippen LogP contribution in [0, 0.1) is 5.92 Å². The molecule has 0 saturated carbocycles. The molecule has 0 radical (unpaired) electrons. The van der Waals surface area contributed by atoms with Gasteiger partial charge < -0.3 is 10.2 Å². The van der Waals surface area contributed by atoms with Crippen LogP contribution in [-0.4, -0.2) is 49.5 Å². The van der Waals surface area contributed by atoms with Crippen LogP contribution in [0.15, 0.2) is 18.7 Å². The fourth-order valence-electron chi connectivity index (χ4n) is 2.50. The first-order valence-corrected chi connectivity index (χ1v) is 6.85. The minimum Gasteiger partial charge on any atom is -0.362 e. The van der Waals surface area contributed by atoms with Crippen LogP contribution >= 0.6 is 0 Å². The van der Waals surface area contributed by atoms with Gasteiger partial charge in [0.05, 0.1) is 0 Å². The number of carbonyl (C=O) groups excluding carboxylic acids is 1. The average molecular weight is 274 g/mol. The van der Waals surface area contributed by atoms with Crippen molar-refractivity contribution in [1.82, 2.24) is 24.5 Å². The Labute approximate surface area is 117 Å². The van der Waals surface area contributed by atoms with Crippen LogP contribution in [0.25, 0.3) is 5.65 Å². The van der Waals surface area contributed by atoms with Crippen LogP contribution in [0.3, 0.4) is 0 Å².